The average molecular weight is 271 g/mol. The second-order valence-corrected chi connectivity index (χ2v) is 5.18. The smallest absolute Gasteiger partial charge is 0.180 e. The Morgan fingerprint density at radius 2 is 2.00 bits per heavy atom. The van der Waals surface area contributed by atoms with E-state index >= 15 is 0 Å². The summed E-state index contributed by atoms with van der Waals surface area (Å²) in [6.45, 7) is 4.07. The Hall–Kier alpha value is -2.08. The van der Waals surface area contributed by atoms with Crippen molar-refractivity contribution in [3.05, 3.63) is 40.6 Å². The van der Waals surface area contributed by atoms with Gasteiger partial charge in [-0.2, -0.15) is 0 Å². The van der Waals surface area contributed by atoms with E-state index in [4.69, 9.17) is 0 Å². The highest BCUT2D eigenvalue weighted by atomic mass is 32.1. The summed E-state index contributed by atoms with van der Waals surface area (Å²) in [4.78, 5) is 17.3. The molecule has 0 saturated heterocycles. The fourth-order valence-corrected chi connectivity index (χ4v) is 2.59. The minimum atomic E-state index is 0.125. The van der Waals surface area contributed by atoms with Gasteiger partial charge in [0, 0.05) is 23.5 Å². The molecule has 3 aromatic heterocycles. The second-order valence-electron chi connectivity index (χ2n) is 4.29. The zero-order valence-corrected chi connectivity index (χ0v) is 11.5. The molecular weight excluding hydrogens is 258 g/mol. The number of aromatic nitrogens is 4. The van der Waals surface area contributed by atoms with Crippen molar-refractivity contribution in [3.63, 3.8) is 0 Å². The predicted octanol–water partition coefficient (Wildman–Crippen LogP) is 2.96. The quantitative estimate of drug-likeness (QED) is 0.793. The van der Waals surface area contributed by atoms with Crippen LogP contribution in [-0.2, 0) is 0 Å². The van der Waals surface area contributed by atoms with Crippen LogP contribution in [0.25, 0.3) is 11.2 Å². The molecule has 1 N–H and O–H groups in total. The van der Waals surface area contributed by atoms with E-state index in [0.29, 0.717) is 5.65 Å². The van der Waals surface area contributed by atoms with Gasteiger partial charge in [0.15, 0.2) is 5.65 Å². The zero-order valence-electron chi connectivity index (χ0n) is 10.7. The van der Waals surface area contributed by atoms with Crippen molar-refractivity contribution >= 4 is 28.3 Å². The van der Waals surface area contributed by atoms with Crippen molar-refractivity contribution in [1.82, 2.24) is 19.9 Å². The van der Waals surface area contributed by atoms with Gasteiger partial charge in [0.25, 0.3) is 0 Å². The Kier molecular flexibility index (Phi) is 3.08. The molecule has 0 spiro atoms. The number of pyridine rings is 1. The van der Waals surface area contributed by atoms with E-state index in [2.05, 4.69) is 32.2 Å². The van der Waals surface area contributed by atoms with Crippen molar-refractivity contribution in [2.24, 2.45) is 0 Å². The molecule has 0 aromatic carbocycles. The fourth-order valence-electron chi connectivity index (χ4n) is 1.79. The van der Waals surface area contributed by atoms with Gasteiger partial charge in [0.05, 0.1) is 6.04 Å². The number of hydrogen-bond donors (Lipinski definition) is 1. The number of nitrogens with one attached hydrogen (secondary N) is 1. The van der Waals surface area contributed by atoms with Crippen molar-refractivity contribution in [2.45, 2.75) is 19.9 Å². The van der Waals surface area contributed by atoms with Gasteiger partial charge >= 0.3 is 0 Å². The lowest BCUT2D eigenvalue weighted by atomic mass is 10.3. The molecule has 19 heavy (non-hydrogen) atoms. The van der Waals surface area contributed by atoms with Crippen LogP contribution in [-0.4, -0.2) is 19.9 Å². The first-order chi connectivity index (χ1) is 9.22. The average Bonchev–Trinajstić information content (AvgIpc) is 2.85. The topological polar surface area (TPSA) is 63.6 Å². The first-order valence-electron chi connectivity index (χ1n) is 5.99. The van der Waals surface area contributed by atoms with Gasteiger partial charge in [0.1, 0.15) is 16.3 Å². The van der Waals surface area contributed by atoms with E-state index < -0.39 is 0 Å². The summed E-state index contributed by atoms with van der Waals surface area (Å²) < 4.78 is 0. The molecule has 3 aromatic rings. The number of nitrogens with zero attached hydrogens (tertiary/aromatic N) is 4. The highest BCUT2D eigenvalue weighted by Gasteiger charge is 2.10. The number of aryl methyl sites for hydroxylation is 1. The standard InChI is InChI=1S/C13H13N5S/c1-8-7-19-13(16-8)9(2)17-11-4-3-10-12(18-11)15-6-5-14-10/h3-7,9H,1-2H3,(H,15,17,18). The molecule has 6 heteroatoms. The molecule has 3 heterocycles. The lowest BCUT2D eigenvalue weighted by Gasteiger charge is -2.11. The zero-order chi connectivity index (χ0) is 13.2. The third kappa shape index (κ3) is 2.53. The van der Waals surface area contributed by atoms with Crippen LogP contribution < -0.4 is 5.32 Å². The number of rotatable bonds is 3. The number of anilines is 1. The molecule has 0 saturated carbocycles. The summed E-state index contributed by atoms with van der Waals surface area (Å²) in [5.74, 6) is 0.786. The van der Waals surface area contributed by atoms with E-state index in [1.54, 1.807) is 23.7 Å². The lowest BCUT2D eigenvalue weighted by molar-refractivity contribution is 0.856. The minimum Gasteiger partial charge on any atom is -0.361 e. The third-order valence-electron chi connectivity index (χ3n) is 2.70. The summed E-state index contributed by atoms with van der Waals surface area (Å²) in [5.41, 5.74) is 2.49. The maximum Gasteiger partial charge on any atom is 0.180 e. The Morgan fingerprint density at radius 3 is 2.79 bits per heavy atom. The molecule has 1 unspecified atom stereocenters. The summed E-state index contributed by atoms with van der Waals surface area (Å²) in [7, 11) is 0. The maximum absolute atomic E-state index is 4.47. The van der Waals surface area contributed by atoms with Crippen LogP contribution in [0.4, 0.5) is 5.82 Å². The van der Waals surface area contributed by atoms with Gasteiger partial charge in [-0.15, -0.1) is 11.3 Å². The second kappa shape index (κ2) is 4.89. The monoisotopic (exact) mass is 271 g/mol. The number of fused-ring (bicyclic) bond motifs is 1. The SMILES string of the molecule is Cc1csc(C(C)Nc2ccc3nccnc3n2)n1. The Bertz CT molecular complexity index is 709. The van der Waals surface area contributed by atoms with Gasteiger partial charge in [-0.25, -0.2) is 15.0 Å². The normalized spacial score (nSPS) is 12.5. The highest BCUT2D eigenvalue weighted by Crippen LogP contribution is 2.22. The van der Waals surface area contributed by atoms with Crippen LogP contribution in [0.1, 0.15) is 23.7 Å². The molecule has 0 fully saturated rings. The molecule has 3 rings (SSSR count). The molecule has 96 valence electrons. The first kappa shape index (κ1) is 12.0. The Morgan fingerprint density at radius 1 is 1.16 bits per heavy atom. The first-order valence-corrected chi connectivity index (χ1v) is 6.86. The molecule has 1 atom stereocenters. The van der Waals surface area contributed by atoms with Gasteiger partial charge in [0.2, 0.25) is 0 Å². The van der Waals surface area contributed by atoms with E-state index in [0.717, 1.165) is 22.0 Å². The summed E-state index contributed by atoms with van der Waals surface area (Å²) in [5, 5.41) is 6.44. The van der Waals surface area contributed by atoms with Crippen molar-refractivity contribution in [1.29, 1.82) is 0 Å². The van der Waals surface area contributed by atoms with Gasteiger partial charge in [-0.05, 0) is 26.0 Å². The van der Waals surface area contributed by atoms with Crippen LogP contribution in [0, 0.1) is 6.92 Å². The van der Waals surface area contributed by atoms with Gasteiger partial charge in [-0.3, -0.25) is 4.98 Å². The third-order valence-corrected chi connectivity index (χ3v) is 3.85. The van der Waals surface area contributed by atoms with Gasteiger partial charge in [-0.1, -0.05) is 0 Å². The van der Waals surface area contributed by atoms with Crippen LogP contribution in [0.2, 0.25) is 0 Å². The molecule has 0 aliphatic heterocycles. The minimum absolute atomic E-state index is 0.125. The number of hydrogen-bond acceptors (Lipinski definition) is 6. The summed E-state index contributed by atoms with van der Waals surface area (Å²) in [6.07, 6.45) is 3.31. The van der Waals surface area contributed by atoms with Crippen molar-refractivity contribution in [3.8, 4) is 0 Å². The van der Waals surface area contributed by atoms with Gasteiger partial charge < -0.3 is 5.32 Å². The lowest BCUT2D eigenvalue weighted by Crippen LogP contribution is -2.08. The summed E-state index contributed by atoms with van der Waals surface area (Å²) >= 11 is 1.65. The highest BCUT2D eigenvalue weighted by molar-refractivity contribution is 7.09. The summed E-state index contributed by atoms with van der Waals surface area (Å²) in [6, 6.07) is 3.95. The van der Waals surface area contributed by atoms with E-state index in [1.165, 1.54) is 0 Å². The van der Waals surface area contributed by atoms with Crippen LogP contribution in [0.15, 0.2) is 29.9 Å². The number of thiazole rings is 1. The molecule has 0 aliphatic carbocycles. The van der Waals surface area contributed by atoms with E-state index in [-0.39, 0.29) is 6.04 Å². The predicted molar refractivity (Wildman–Crippen MR) is 76.2 cm³/mol. The molecular formula is C13H13N5S. The molecule has 0 aliphatic rings. The molecule has 0 bridgehead atoms. The maximum atomic E-state index is 4.47. The molecule has 0 radical (unpaired) electrons. The Labute approximate surface area is 114 Å². The van der Waals surface area contributed by atoms with Crippen molar-refractivity contribution in [2.75, 3.05) is 5.32 Å². The van der Waals surface area contributed by atoms with Crippen LogP contribution in [0.5, 0.6) is 0 Å². The Balaban J connectivity index is 1.84. The van der Waals surface area contributed by atoms with Crippen LogP contribution in [0.3, 0.4) is 0 Å². The van der Waals surface area contributed by atoms with Crippen LogP contribution >= 0.6 is 11.3 Å². The van der Waals surface area contributed by atoms with E-state index in [9.17, 15) is 0 Å². The molecule has 0 amide bonds. The molecule has 5 nitrogen and oxygen atoms in total. The fraction of sp³-hybridized carbons (Fsp3) is 0.231. The van der Waals surface area contributed by atoms with E-state index in [1.807, 2.05) is 24.4 Å². The largest absolute Gasteiger partial charge is 0.361 e. The van der Waals surface area contributed by atoms with Crippen molar-refractivity contribution < 1.29 is 0 Å².